The topological polar surface area (TPSA) is 62.2 Å². The standard InChI is InChI=1S/C16H22Cl2N2O4/c1-2-23-16(22)20-8-6-19(7-9-20)10-12(21)11-24-15-13(17)4-3-5-14(15)18/h3-5,12,21H,2,6-11H2,1H3. The molecule has 0 aromatic heterocycles. The Morgan fingerprint density at radius 3 is 2.46 bits per heavy atom. The minimum Gasteiger partial charge on any atom is -0.488 e. The third-order valence-electron chi connectivity index (χ3n) is 3.71. The van der Waals surface area contributed by atoms with Gasteiger partial charge in [-0.05, 0) is 19.1 Å². The lowest BCUT2D eigenvalue weighted by Gasteiger charge is -2.34. The molecule has 1 aromatic carbocycles. The Hall–Kier alpha value is -1.21. The van der Waals surface area contributed by atoms with Crippen molar-refractivity contribution < 1.29 is 19.4 Å². The molecule has 1 amide bonds. The number of piperazine rings is 1. The van der Waals surface area contributed by atoms with Crippen molar-refractivity contribution >= 4 is 29.3 Å². The fourth-order valence-corrected chi connectivity index (χ4v) is 2.99. The first kappa shape index (κ1) is 19.1. The smallest absolute Gasteiger partial charge is 0.409 e. The van der Waals surface area contributed by atoms with Gasteiger partial charge in [-0.3, -0.25) is 4.90 Å². The highest BCUT2D eigenvalue weighted by atomic mass is 35.5. The first-order valence-electron chi connectivity index (χ1n) is 7.90. The number of β-amino-alcohol motifs (C(OH)–C–C–N with tert-alkyl or cyclic N) is 1. The van der Waals surface area contributed by atoms with Crippen LogP contribution in [0.1, 0.15) is 6.92 Å². The van der Waals surface area contributed by atoms with Crippen LogP contribution in [0.15, 0.2) is 18.2 Å². The second-order valence-electron chi connectivity index (χ2n) is 5.50. The molecule has 0 spiro atoms. The molecule has 1 N–H and O–H groups in total. The number of carbonyl (C=O) groups excluding carboxylic acids is 1. The Morgan fingerprint density at radius 2 is 1.88 bits per heavy atom. The average molecular weight is 377 g/mol. The number of para-hydroxylation sites is 1. The maximum Gasteiger partial charge on any atom is 0.409 e. The van der Waals surface area contributed by atoms with E-state index in [0.717, 1.165) is 0 Å². The maximum absolute atomic E-state index is 11.6. The summed E-state index contributed by atoms with van der Waals surface area (Å²) in [6, 6.07) is 5.10. The zero-order valence-electron chi connectivity index (χ0n) is 13.6. The highest BCUT2D eigenvalue weighted by molar-refractivity contribution is 6.37. The Morgan fingerprint density at radius 1 is 1.25 bits per heavy atom. The largest absolute Gasteiger partial charge is 0.488 e. The molecule has 134 valence electrons. The monoisotopic (exact) mass is 376 g/mol. The molecule has 1 unspecified atom stereocenters. The molecule has 1 saturated heterocycles. The quantitative estimate of drug-likeness (QED) is 0.826. The lowest BCUT2D eigenvalue weighted by atomic mass is 10.2. The normalized spacial score (nSPS) is 16.8. The third kappa shape index (κ3) is 5.41. The molecule has 0 saturated carbocycles. The lowest BCUT2D eigenvalue weighted by Crippen LogP contribution is -2.51. The minimum absolute atomic E-state index is 0.0988. The van der Waals surface area contributed by atoms with Crippen LogP contribution in [0, 0.1) is 0 Å². The second-order valence-corrected chi connectivity index (χ2v) is 6.32. The highest BCUT2D eigenvalue weighted by Crippen LogP contribution is 2.32. The third-order valence-corrected chi connectivity index (χ3v) is 4.30. The van der Waals surface area contributed by atoms with Crippen molar-refractivity contribution in [3.63, 3.8) is 0 Å². The average Bonchev–Trinajstić information content (AvgIpc) is 2.55. The molecule has 6 nitrogen and oxygen atoms in total. The van der Waals surface area contributed by atoms with Crippen molar-refractivity contribution in [2.24, 2.45) is 0 Å². The Bertz CT molecular complexity index is 531. The molecular weight excluding hydrogens is 355 g/mol. The van der Waals surface area contributed by atoms with Crippen LogP contribution < -0.4 is 4.74 Å². The van der Waals surface area contributed by atoms with Crippen LogP contribution in [-0.2, 0) is 4.74 Å². The van der Waals surface area contributed by atoms with Gasteiger partial charge >= 0.3 is 6.09 Å². The molecule has 1 aliphatic heterocycles. The summed E-state index contributed by atoms with van der Waals surface area (Å²) in [5.74, 6) is 0.381. The Kier molecular flexibility index (Phi) is 7.42. The number of aliphatic hydroxyl groups is 1. The van der Waals surface area contributed by atoms with Crippen LogP contribution in [0.25, 0.3) is 0 Å². The highest BCUT2D eigenvalue weighted by Gasteiger charge is 2.23. The fourth-order valence-electron chi connectivity index (χ4n) is 2.48. The molecular formula is C16H22Cl2N2O4. The summed E-state index contributed by atoms with van der Waals surface area (Å²) < 4.78 is 10.5. The minimum atomic E-state index is -0.675. The molecule has 0 radical (unpaired) electrons. The number of aliphatic hydroxyl groups excluding tert-OH is 1. The van der Waals surface area contributed by atoms with E-state index < -0.39 is 6.10 Å². The molecule has 8 heteroatoms. The predicted molar refractivity (Wildman–Crippen MR) is 93.0 cm³/mol. The molecule has 1 aliphatic rings. The van der Waals surface area contributed by atoms with Crippen molar-refractivity contribution in [3.8, 4) is 5.75 Å². The van der Waals surface area contributed by atoms with E-state index in [4.69, 9.17) is 32.7 Å². The Balaban J connectivity index is 1.74. The number of ether oxygens (including phenoxy) is 2. The van der Waals surface area contributed by atoms with E-state index in [0.29, 0.717) is 55.1 Å². The predicted octanol–water partition coefficient (Wildman–Crippen LogP) is 2.51. The van der Waals surface area contributed by atoms with Crippen LogP contribution in [0.5, 0.6) is 5.75 Å². The summed E-state index contributed by atoms with van der Waals surface area (Å²) in [6.45, 7) is 5.26. The van der Waals surface area contributed by atoms with Crippen molar-refractivity contribution in [3.05, 3.63) is 28.2 Å². The Labute approximate surface area is 151 Å². The summed E-state index contributed by atoms with van der Waals surface area (Å²) in [7, 11) is 0. The van der Waals surface area contributed by atoms with E-state index in [2.05, 4.69) is 4.90 Å². The van der Waals surface area contributed by atoms with Gasteiger partial charge in [-0.25, -0.2) is 4.79 Å². The number of hydrogen-bond acceptors (Lipinski definition) is 5. The number of benzene rings is 1. The number of hydrogen-bond donors (Lipinski definition) is 1. The van der Waals surface area contributed by atoms with Gasteiger partial charge in [0.1, 0.15) is 12.7 Å². The van der Waals surface area contributed by atoms with Gasteiger partial charge in [-0.2, -0.15) is 0 Å². The van der Waals surface area contributed by atoms with Crippen LogP contribution in [0.2, 0.25) is 10.0 Å². The molecule has 0 bridgehead atoms. The van der Waals surface area contributed by atoms with Gasteiger partial charge in [-0.15, -0.1) is 0 Å². The summed E-state index contributed by atoms with van der Waals surface area (Å²) in [5, 5.41) is 11.0. The van der Waals surface area contributed by atoms with Crippen LogP contribution in [0.4, 0.5) is 4.79 Å². The van der Waals surface area contributed by atoms with Gasteiger partial charge in [0.25, 0.3) is 0 Å². The van der Waals surface area contributed by atoms with Gasteiger partial charge < -0.3 is 19.5 Å². The van der Waals surface area contributed by atoms with Crippen molar-refractivity contribution in [2.75, 3.05) is 45.9 Å². The lowest BCUT2D eigenvalue weighted by molar-refractivity contribution is 0.0408. The van der Waals surface area contributed by atoms with E-state index in [9.17, 15) is 9.90 Å². The summed E-state index contributed by atoms with van der Waals surface area (Å²) >= 11 is 12.1. The number of carbonyl (C=O) groups is 1. The van der Waals surface area contributed by atoms with Gasteiger partial charge in [0, 0.05) is 32.7 Å². The van der Waals surface area contributed by atoms with Crippen LogP contribution in [-0.4, -0.2) is 73.0 Å². The summed E-state index contributed by atoms with van der Waals surface area (Å²) in [6.07, 6.45) is -0.958. The SMILES string of the molecule is CCOC(=O)N1CCN(CC(O)COc2c(Cl)cccc2Cl)CC1. The second kappa shape index (κ2) is 9.32. The molecule has 2 rings (SSSR count). The van der Waals surface area contributed by atoms with E-state index in [-0.39, 0.29) is 12.7 Å². The molecule has 1 heterocycles. The summed E-state index contributed by atoms with van der Waals surface area (Å²) in [5.41, 5.74) is 0. The van der Waals surface area contributed by atoms with Crippen LogP contribution in [0.3, 0.4) is 0 Å². The number of halogens is 2. The van der Waals surface area contributed by atoms with E-state index in [1.165, 1.54) is 0 Å². The summed E-state index contributed by atoms with van der Waals surface area (Å²) in [4.78, 5) is 15.4. The molecule has 24 heavy (non-hydrogen) atoms. The van der Waals surface area contributed by atoms with Crippen molar-refractivity contribution in [2.45, 2.75) is 13.0 Å². The van der Waals surface area contributed by atoms with Crippen molar-refractivity contribution in [1.82, 2.24) is 9.80 Å². The number of amides is 1. The number of nitrogens with zero attached hydrogens (tertiary/aromatic N) is 2. The zero-order chi connectivity index (χ0) is 17.5. The molecule has 1 atom stereocenters. The first-order valence-corrected chi connectivity index (χ1v) is 8.65. The first-order chi connectivity index (χ1) is 11.5. The van der Waals surface area contributed by atoms with Gasteiger partial charge in [0.2, 0.25) is 0 Å². The maximum atomic E-state index is 11.6. The molecule has 1 fully saturated rings. The van der Waals surface area contributed by atoms with Crippen molar-refractivity contribution in [1.29, 1.82) is 0 Å². The zero-order valence-corrected chi connectivity index (χ0v) is 15.1. The fraction of sp³-hybridized carbons (Fsp3) is 0.562. The van der Waals surface area contributed by atoms with Gasteiger partial charge in [-0.1, -0.05) is 29.3 Å². The van der Waals surface area contributed by atoms with Gasteiger partial charge in [0.05, 0.1) is 16.7 Å². The number of rotatable bonds is 6. The van der Waals surface area contributed by atoms with Crippen LogP contribution >= 0.6 is 23.2 Å². The molecule has 1 aromatic rings. The van der Waals surface area contributed by atoms with E-state index in [1.807, 2.05) is 0 Å². The molecule has 0 aliphatic carbocycles. The van der Waals surface area contributed by atoms with E-state index in [1.54, 1.807) is 30.0 Å². The van der Waals surface area contributed by atoms with E-state index >= 15 is 0 Å². The van der Waals surface area contributed by atoms with Gasteiger partial charge in [0.15, 0.2) is 5.75 Å².